The maximum Gasteiger partial charge on any atom is 0.416 e. The fraction of sp³-hybridized carbons (Fsp3) is 0.364. The first-order chi connectivity index (χ1) is 14.6. The highest BCUT2D eigenvalue weighted by Gasteiger charge is 2.43. The Hall–Kier alpha value is -3.10. The van der Waals surface area contributed by atoms with Gasteiger partial charge < -0.3 is 15.7 Å². The number of hydrogen-bond donors (Lipinski definition) is 3. The minimum Gasteiger partial charge on any atom is -0.481 e. The van der Waals surface area contributed by atoms with Crippen molar-refractivity contribution in [2.24, 2.45) is 11.8 Å². The molecule has 1 fully saturated rings. The highest BCUT2D eigenvalue weighted by Crippen LogP contribution is 2.42. The van der Waals surface area contributed by atoms with Gasteiger partial charge in [-0.1, -0.05) is 18.6 Å². The van der Waals surface area contributed by atoms with Crippen molar-refractivity contribution in [3.05, 3.63) is 59.4 Å². The van der Waals surface area contributed by atoms with Crippen LogP contribution in [0.15, 0.2) is 42.5 Å². The summed E-state index contributed by atoms with van der Waals surface area (Å²) in [6.45, 7) is 0. The van der Waals surface area contributed by atoms with E-state index in [1.54, 1.807) is 7.05 Å². The largest absolute Gasteiger partial charge is 0.481 e. The number of halogens is 4. The lowest BCUT2D eigenvalue weighted by molar-refractivity contribution is -0.148. The fourth-order valence-corrected chi connectivity index (χ4v) is 4.12. The molecule has 0 aromatic heterocycles. The first-order valence-corrected chi connectivity index (χ1v) is 9.80. The lowest BCUT2D eigenvalue weighted by Crippen LogP contribution is -2.40. The molecule has 1 amide bonds. The highest BCUT2D eigenvalue weighted by atomic mass is 19.4. The molecule has 0 radical (unpaired) electrons. The zero-order valence-corrected chi connectivity index (χ0v) is 16.7. The Kier molecular flexibility index (Phi) is 6.52. The summed E-state index contributed by atoms with van der Waals surface area (Å²) in [4.78, 5) is 24.9. The number of amides is 1. The van der Waals surface area contributed by atoms with E-state index < -0.39 is 52.9 Å². The molecule has 0 spiro atoms. The van der Waals surface area contributed by atoms with Crippen LogP contribution >= 0.6 is 0 Å². The first kappa shape index (κ1) is 22.6. The molecule has 1 aliphatic carbocycles. The summed E-state index contributed by atoms with van der Waals surface area (Å²) in [7, 11) is 1.76. The van der Waals surface area contributed by atoms with Gasteiger partial charge in [0.25, 0.3) is 0 Å². The standard InChI is InChI=1S/C22H22F4N2O3/c1-27-14-8-5-12(6-9-14)15-3-2-4-16(19(15)21(30)31)20(29)28-18-10-7-13(11-17(18)23)22(24,25)26/h5-11,15-16,19,27H,2-4H2,1H3,(H,28,29)(H,30,31)/t15-,16-,19-/m1/s1. The van der Waals surface area contributed by atoms with Gasteiger partial charge in [-0.05, 0) is 54.7 Å². The smallest absolute Gasteiger partial charge is 0.416 e. The summed E-state index contributed by atoms with van der Waals surface area (Å²) in [5.74, 6) is -5.48. The van der Waals surface area contributed by atoms with Crippen LogP contribution in [0.1, 0.15) is 36.3 Å². The van der Waals surface area contributed by atoms with E-state index >= 15 is 0 Å². The van der Waals surface area contributed by atoms with Crippen molar-refractivity contribution in [2.45, 2.75) is 31.4 Å². The highest BCUT2D eigenvalue weighted by molar-refractivity contribution is 5.95. The molecule has 2 aromatic carbocycles. The fourth-order valence-electron chi connectivity index (χ4n) is 4.12. The monoisotopic (exact) mass is 438 g/mol. The Morgan fingerprint density at radius 3 is 2.29 bits per heavy atom. The molecule has 9 heteroatoms. The second kappa shape index (κ2) is 8.95. The van der Waals surface area contributed by atoms with Crippen molar-refractivity contribution in [1.29, 1.82) is 0 Å². The third-order valence-corrected chi connectivity index (χ3v) is 5.70. The second-order valence-corrected chi connectivity index (χ2v) is 7.56. The van der Waals surface area contributed by atoms with Gasteiger partial charge >= 0.3 is 12.1 Å². The predicted octanol–water partition coefficient (Wildman–Crippen LogP) is 5.11. The van der Waals surface area contributed by atoms with Gasteiger partial charge in [0.1, 0.15) is 5.82 Å². The molecule has 0 bridgehead atoms. The molecular weight excluding hydrogens is 416 g/mol. The van der Waals surface area contributed by atoms with E-state index in [-0.39, 0.29) is 6.42 Å². The van der Waals surface area contributed by atoms with E-state index in [0.29, 0.717) is 25.0 Å². The van der Waals surface area contributed by atoms with Gasteiger partial charge in [0.15, 0.2) is 0 Å². The van der Waals surface area contributed by atoms with Gasteiger partial charge in [0, 0.05) is 12.7 Å². The van der Waals surface area contributed by atoms with Crippen LogP contribution < -0.4 is 10.6 Å². The molecular formula is C22H22F4N2O3. The summed E-state index contributed by atoms with van der Waals surface area (Å²) in [5, 5.41) is 15.1. The molecule has 2 aromatic rings. The molecule has 3 atom stereocenters. The third kappa shape index (κ3) is 4.98. The minimum absolute atomic E-state index is 0.288. The van der Waals surface area contributed by atoms with Gasteiger partial charge in [-0.2, -0.15) is 13.2 Å². The number of anilines is 2. The van der Waals surface area contributed by atoms with Crippen LogP contribution in [0.5, 0.6) is 0 Å². The van der Waals surface area contributed by atoms with E-state index in [2.05, 4.69) is 10.6 Å². The number of hydrogen-bond acceptors (Lipinski definition) is 3. The lowest BCUT2D eigenvalue weighted by Gasteiger charge is -2.35. The number of aliphatic carboxylic acids is 1. The molecule has 1 saturated carbocycles. The second-order valence-electron chi connectivity index (χ2n) is 7.56. The van der Waals surface area contributed by atoms with E-state index in [4.69, 9.17) is 0 Å². The molecule has 0 aliphatic heterocycles. The lowest BCUT2D eigenvalue weighted by atomic mass is 9.69. The Morgan fingerprint density at radius 2 is 1.74 bits per heavy atom. The number of carboxylic acid groups (broad SMARTS) is 1. The Labute approximate surface area is 176 Å². The van der Waals surface area contributed by atoms with Crippen LogP contribution in [0.25, 0.3) is 0 Å². The number of carboxylic acids is 1. The number of benzene rings is 2. The molecule has 0 saturated heterocycles. The van der Waals surface area contributed by atoms with E-state index in [1.807, 2.05) is 24.3 Å². The van der Waals surface area contributed by atoms with Gasteiger partial charge in [0.2, 0.25) is 5.91 Å². The number of carbonyl (C=O) groups excluding carboxylic acids is 1. The van der Waals surface area contributed by atoms with Crippen molar-refractivity contribution in [3.8, 4) is 0 Å². The normalized spacial score (nSPS) is 21.4. The van der Waals surface area contributed by atoms with Crippen molar-refractivity contribution >= 4 is 23.3 Å². The molecule has 166 valence electrons. The third-order valence-electron chi connectivity index (χ3n) is 5.70. The maximum atomic E-state index is 14.1. The van der Waals surface area contributed by atoms with Crippen LogP contribution in [0.2, 0.25) is 0 Å². The van der Waals surface area contributed by atoms with E-state index in [0.717, 1.165) is 17.3 Å². The van der Waals surface area contributed by atoms with Crippen molar-refractivity contribution < 1.29 is 32.3 Å². The van der Waals surface area contributed by atoms with E-state index in [9.17, 15) is 32.3 Å². The van der Waals surface area contributed by atoms with Crippen LogP contribution in [0.4, 0.5) is 28.9 Å². The molecule has 1 aliphatic rings. The Balaban J connectivity index is 1.83. The SMILES string of the molecule is CNc1ccc([C@H]2CCC[C@@H](C(=O)Nc3ccc(C(F)(F)F)cc3F)[C@@H]2C(=O)O)cc1. The average Bonchev–Trinajstić information content (AvgIpc) is 2.73. The quantitative estimate of drug-likeness (QED) is 0.567. The molecule has 31 heavy (non-hydrogen) atoms. The molecule has 0 unspecified atom stereocenters. The van der Waals surface area contributed by atoms with Crippen LogP contribution in [-0.2, 0) is 15.8 Å². The number of carbonyl (C=O) groups is 2. The van der Waals surface area contributed by atoms with Crippen molar-refractivity contribution in [2.75, 3.05) is 17.7 Å². The molecule has 0 heterocycles. The summed E-state index contributed by atoms with van der Waals surface area (Å²) < 4.78 is 52.3. The molecule has 5 nitrogen and oxygen atoms in total. The molecule has 3 N–H and O–H groups in total. The Bertz CT molecular complexity index is 960. The van der Waals surface area contributed by atoms with Crippen molar-refractivity contribution in [1.82, 2.24) is 0 Å². The zero-order valence-electron chi connectivity index (χ0n) is 16.7. The van der Waals surface area contributed by atoms with E-state index in [1.165, 1.54) is 0 Å². The summed E-state index contributed by atoms with van der Waals surface area (Å²) in [6.07, 6.45) is -3.25. The first-order valence-electron chi connectivity index (χ1n) is 9.80. The number of nitrogens with one attached hydrogen (secondary N) is 2. The van der Waals surface area contributed by atoms with Crippen LogP contribution in [0, 0.1) is 17.7 Å². The maximum absolute atomic E-state index is 14.1. The summed E-state index contributed by atoms with van der Waals surface area (Å²) >= 11 is 0. The van der Waals surface area contributed by atoms with Gasteiger partial charge in [-0.3, -0.25) is 9.59 Å². The minimum atomic E-state index is -4.71. The van der Waals surface area contributed by atoms with Gasteiger partial charge in [-0.15, -0.1) is 0 Å². The molecule has 3 rings (SSSR count). The summed E-state index contributed by atoms with van der Waals surface area (Å²) in [6, 6.07) is 9.05. The van der Waals surface area contributed by atoms with Crippen LogP contribution in [0.3, 0.4) is 0 Å². The van der Waals surface area contributed by atoms with Crippen molar-refractivity contribution in [3.63, 3.8) is 0 Å². The topological polar surface area (TPSA) is 78.4 Å². The van der Waals surface area contributed by atoms with Gasteiger partial charge in [-0.25, -0.2) is 4.39 Å². The van der Waals surface area contributed by atoms with Gasteiger partial charge in [0.05, 0.1) is 23.1 Å². The van der Waals surface area contributed by atoms with Crippen LogP contribution in [-0.4, -0.2) is 24.0 Å². The number of rotatable bonds is 5. The Morgan fingerprint density at radius 1 is 1.06 bits per heavy atom. The summed E-state index contributed by atoms with van der Waals surface area (Å²) in [5.41, 5.74) is 0.0555. The predicted molar refractivity (Wildman–Crippen MR) is 107 cm³/mol. The average molecular weight is 438 g/mol. The number of alkyl halides is 3. The zero-order chi connectivity index (χ0) is 22.8.